The van der Waals surface area contributed by atoms with Crippen LogP contribution in [0, 0.1) is 6.92 Å². The van der Waals surface area contributed by atoms with Gasteiger partial charge in [0.1, 0.15) is 11.5 Å². The van der Waals surface area contributed by atoms with Gasteiger partial charge in [-0.15, -0.1) is 0 Å². The van der Waals surface area contributed by atoms with Gasteiger partial charge in [-0.05, 0) is 126 Å². The van der Waals surface area contributed by atoms with Gasteiger partial charge >= 0.3 is 24.3 Å². The fourth-order valence-electron chi connectivity index (χ4n) is 6.56. The fraction of sp³-hybridized carbons (Fsp3) is 0.137. The Morgan fingerprint density at radius 3 is 1.43 bits per heavy atom. The maximum atomic E-state index is 14.0. The van der Waals surface area contributed by atoms with Crippen LogP contribution in [0.15, 0.2) is 127 Å². The van der Waals surface area contributed by atoms with Crippen LogP contribution in [0.25, 0.3) is 23.3 Å². The molecule has 18 heteroatoms. The molecule has 6 rings (SSSR count). The van der Waals surface area contributed by atoms with Crippen molar-refractivity contribution in [3.8, 4) is 45.6 Å². The highest BCUT2D eigenvalue weighted by molar-refractivity contribution is 6.16. The first-order valence-corrected chi connectivity index (χ1v) is 20.4. The van der Waals surface area contributed by atoms with E-state index in [-0.39, 0.29) is 62.4 Å². The normalized spacial score (nSPS) is 11.6. The van der Waals surface area contributed by atoms with Gasteiger partial charge < -0.3 is 39.9 Å². The summed E-state index contributed by atoms with van der Waals surface area (Å²) in [7, 11) is 2.42. The second kappa shape index (κ2) is 21.4. The Morgan fingerprint density at radius 1 is 0.536 bits per heavy atom. The van der Waals surface area contributed by atoms with Crippen molar-refractivity contribution in [3.05, 3.63) is 166 Å². The summed E-state index contributed by atoms with van der Waals surface area (Å²) in [6, 6.07) is 27.3. The number of hydrogen-bond donors (Lipinski definition) is 2. The van der Waals surface area contributed by atoms with E-state index in [9.17, 15) is 45.5 Å². The number of esters is 2. The van der Waals surface area contributed by atoms with Crippen LogP contribution >= 0.6 is 0 Å². The summed E-state index contributed by atoms with van der Waals surface area (Å²) in [5, 5.41) is 0. The van der Waals surface area contributed by atoms with E-state index in [4.69, 9.17) is 39.9 Å². The highest BCUT2D eigenvalue weighted by Gasteiger charge is 2.30. The van der Waals surface area contributed by atoms with Crippen molar-refractivity contribution in [2.24, 2.45) is 0 Å². The van der Waals surface area contributed by atoms with Crippen LogP contribution in [0.1, 0.15) is 58.1 Å². The minimum absolute atomic E-state index is 0.0130. The first-order valence-electron chi connectivity index (χ1n) is 20.4. The van der Waals surface area contributed by atoms with Crippen LogP contribution in [0.3, 0.4) is 0 Å². The van der Waals surface area contributed by atoms with Gasteiger partial charge in [-0.25, -0.2) is 9.59 Å². The second-order valence-corrected chi connectivity index (χ2v) is 14.9. The topological polar surface area (TPSA) is 176 Å². The molecule has 69 heavy (non-hydrogen) atoms. The standard InChI is InChI=1S/C51H40F6N2O10/c1-29-40(59)19-18-38(47(29)42(61)21-9-31-6-15-36(16-7-31)69-49(63)33-11-23-44(46(25-33)65-3)67-28-51(55,56)57)37-17-12-34(58)26-39(37)41(60)20-8-30-4-13-35(14-5-30)68-48(62)32-10-22-43(45(24-32)64-2)66-27-50(52,53)54/h4-26H,27-28,58-59H2,1-3H3. The van der Waals surface area contributed by atoms with Gasteiger partial charge in [-0.2, -0.15) is 26.3 Å². The zero-order valence-electron chi connectivity index (χ0n) is 36.7. The Labute approximate surface area is 390 Å². The first kappa shape index (κ1) is 49.9. The molecule has 0 saturated carbocycles. The summed E-state index contributed by atoms with van der Waals surface area (Å²) < 4.78 is 106. The van der Waals surface area contributed by atoms with Crippen LogP contribution in [-0.4, -0.2) is 63.3 Å². The van der Waals surface area contributed by atoms with Gasteiger partial charge in [-0.3, -0.25) is 9.59 Å². The van der Waals surface area contributed by atoms with E-state index in [1.54, 1.807) is 55.5 Å². The molecule has 6 aromatic rings. The summed E-state index contributed by atoms with van der Waals surface area (Å²) in [6.45, 7) is -1.42. The van der Waals surface area contributed by atoms with Crippen molar-refractivity contribution in [2.45, 2.75) is 19.3 Å². The lowest BCUT2D eigenvalue weighted by Gasteiger charge is -2.16. The number of rotatable bonds is 17. The fourth-order valence-corrected chi connectivity index (χ4v) is 6.56. The Bertz CT molecular complexity index is 2950. The van der Waals surface area contributed by atoms with Gasteiger partial charge in [0.25, 0.3) is 0 Å². The maximum absolute atomic E-state index is 14.0. The van der Waals surface area contributed by atoms with E-state index < -0.39 is 49.1 Å². The van der Waals surface area contributed by atoms with Gasteiger partial charge in [0.2, 0.25) is 0 Å². The molecule has 4 N–H and O–H groups in total. The number of carbonyl (C=O) groups is 4. The molecule has 0 bridgehead atoms. The molecule has 12 nitrogen and oxygen atoms in total. The molecule has 0 heterocycles. The predicted octanol–water partition coefficient (Wildman–Crippen LogP) is 11.0. The number of ether oxygens (including phenoxy) is 6. The molecule has 0 aliphatic carbocycles. The molecule has 0 aliphatic rings. The number of nitrogen functional groups attached to an aromatic ring is 2. The highest BCUT2D eigenvalue weighted by Crippen LogP contribution is 2.35. The van der Waals surface area contributed by atoms with E-state index in [0.717, 1.165) is 12.1 Å². The molecule has 0 unspecified atom stereocenters. The molecule has 0 atom stereocenters. The number of allylic oxidation sites excluding steroid dienone is 2. The number of methoxy groups -OCH3 is 2. The van der Waals surface area contributed by atoms with Crippen LogP contribution in [0.2, 0.25) is 0 Å². The van der Waals surface area contributed by atoms with Crippen molar-refractivity contribution < 1.29 is 73.9 Å². The minimum atomic E-state index is -4.58. The number of nitrogens with two attached hydrogens (primary N) is 2. The number of ketones is 2. The zero-order chi connectivity index (χ0) is 50.0. The van der Waals surface area contributed by atoms with Gasteiger partial charge in [0, 0.05) is 22.5 Å². The Balaban J connectivity index is 1.14. The predicted molar refractivity (Wildman–Crippen MR) is 244 cm³/mol. The summed E-state index contributed by atoms with van der Waals surface area (Å²) in [4.78, 5) is 53.5. The van der Waals surface area contributed by atoms with Gasteiger partial charge in [0.15, 0.2) is 47.8 Å². The van der Waals surface area contributed by atoms with Crippen molar-refractivity contribution >= 4 is 47.0 Å². The number of alkyl halides is 6. The van der Waals surface area contributed by atoms with E-state index in [0.29, 0.717) is 33.5 Å². The van der Waals surface area contributed by atoms with Crippen LogP contribution in [0.4, 0.5) is 37.7 Å². The smallest absolute Gasteiger partial charge is 0.422 e. The lowest BCUT2D eigenvalue weighted by molar-refractivity contribution is -0.154. The molecule has 356 valence electrons. The lowest BCUT2D eigenvalue weighted by atomic mass is 9.88. The molecule has 0 saturated heterocycles. The Morgan fingerprint density at radius 2 is 0.986 bits per heavy atom. The second-order valence-electron chi connectivity index (χ2n) is 14.9. The van der Waals surface area contributed by atoms with E-state index >= 15 is 0 Å². The van der Waals surface area contributed by atoms with Crippen molar-refractivity contribution in [1.29, 1.82) is 0 Å². The van der Waals surface area contributed by atoms with Crippen LogP contribution in [-0.2, 0) is 0 Å². The molecule has 0 aromatic heterocycles. The van der Waals surface area contributed by atoms with Crippen LogP contribution < -0.4 is 39.9 Å². The lowest BCUT2D eigenvalue weighted by Crippen LogP contribution is -2.19. The third-order valence-corrected chi connectivity index (χ3v) is 9.97. The number of anilines is 2. The molecule has 0 fully saturated rings. The highest BCUT2D eigenvalue weighted by atomic mass is 19.4. The molecule has 0 spiro atoms. The van der Waals surface area contributed by atoms with Crippen LogP contribution in [0.5, 0.6) is 34.5 Å². The monoisotopic (exact) mass is 954 g/mol. The summed E-state index contributed by atoms with van der Waals surface area (Å²) in [6.07, 6.45) is -3.46. The number of benzene rings is 6. The zero-order valence-corrected chi connectivity index (χ0v) is 36.7. The number of carbonyl (C=O) groups excluding carboxylic acids is 4. The molecular formula is C51H40F6N2O10. The summed E-state index contributed by atoms with van der Waals surface area (Å²) in [5.74, 6) is -2.90. The third kappa shape index (κ3) is 13.3. The Hall–Kier alpha value is -8.54. The van der Waals surface area contributed by atoms with Gasteiger partial charge in [0.05, 0.1) is 25.3 Å². The summed E-state index contributed by atoms with van der Waals surface area (Å²) >= 11 is 0. The molecule has 6 aromatic carbocycles. The Kier molecular flexibility index (Phi) is 15.5. The number of halogens is 6. The van der Waals surface area contributed by atoms with Crippen molar-refractivity contribution in [1.82, 2.24) is 0 Å². The van der Waals surface area contributed by atoms with E-state index in [2.05, 4.69) is 0 Å². The molecule has 0 radical (unpaired) electrons. The molecular weight excluding hydrogens is 915 g/mol. The van der Waals surface area contributed by atoms with Crippen molar-refractivity contribution in [3.63, 3.8) is 0 Å². The molecule has 0 amide bonds. The third-order valence-electron chi connectivity index (χ3n) is 9.97. The maximum Gasteiger partial charge on any atom is 0.422 e. The van der Waals surface area contributed by atoms with Gasteiger partial charge in [-0.1, -0.05) is 48.6 Å². The number of hydrogen-bond acceptors (Lipinski definition) is 12. The average Bonchev–Trinajstić information content (AvgIpc) is 3.32. The summed E-state index contributed by atoms with van der Waals surface area (Å²) in [5.41, 5.74) is 15.7. The molecule has 0 aliphatic heterocycles. The quantitative estimate of drug-likeness (QED) is 0.0221. The van der Waals surface area contributed by atoms with E-state index in [1.165, 1.54) is 93.1 Å². The minimum Gasteiger partial charge on any atom is -0.493 e. The van der Waals surface area contributed by atoms with E-state index in [1.807, 2.05) is 0 Å². The first-order chi connectivity index (χ1) is 32.7. The average molecular weight is 955 g/mol. The SMILES string of the molecule is COc1cc(C(=O)Oc2ccc(C=CC(=O)c3cc(N)ccc3-c3ccc(N)c(C)c3C(=O)C=Cc3ccc(OC(=O)c4ccc(OCC(F)(F)F)c(OC)c4)cc3)cc2)ccc1OCC(F)(F)F. The van der Waals surface area contributed by atoms with Crippen molar-refractivity contribution in [2.75, 3.05) is 38.9 Å². The largest absolute Gasteiger partial charge is 0.493 e.